The number of hydrogen-bond donors (Lipinski definition) is 0. The molecule has 132 valence electrons. The second-order valence-corrected chi connectivity index (χ2v) is 5.86. The fourth-order valence-electron chi connectivity index (χ4n) is 2.90. The van der Waals surface area contributed by atoms with Gasteiger partial charge in [-0.1, -0.05) is 44.2 Å². The molecule has 0 bridgehead atoms. The van der Waals surface area contributed by atoms with Crippen LogP contribution < -0.4 is 0 Å². The number of likely N-dealkylation sites (tertiary alicyclic amines) is 1. The Bertz CT molecular complexity index is 412. The Hall–Kier alpha value is -1.07. The van der Waals surface area contributed by atoms with E-state index in [2.05, 4.69) is 4.90 Å². The maximum atomic E-state index is 12.8. The van der Waals surface area contributed by atoms with Crippen LogP contribution >= 0.6 is 0 Å². The Balaban J connectivity index is 0.00000127. The molecule has 1 aliphatic heterocycles. The minimum atomic E-state index is -4.12. The molecule has 0 aliphatic carbocycles. The van der Waals surface area contributed by atoms with Crippen molar-refractivity contribution >= 4 is 0 Å². The molecule has 1 aliphatic rings. The summed E-state index contributed by atoms with van der Waals surface area (Å²) >= 11 is 0. The van der Waals surface area contributed by atoms with E-state index < -0.39 is 12.7 Å². The molecule has 0 aromatic heterocycles. The topological polar surface area (TPSA) is 6.48 Å². The number of halogens is 3. The number of benzene rings is 1. The molecule has 2 rings (SSSR count). The summed E-state index contributed by atoms with van der Waals surface area (Å²) < 4.78 is 38.4. The molecule has 1 saturated heterocycles. The molecule has 0 unspecified atom stereocenters. The van der Waals surface area contributed by atoms with Crippen LogP contribution in [-0.2, 0) is 6.42 Å². The third kappa shape index (κ3) is 7.84. The third-order valence-electron chi connectivity index (χ3n) is 4.12. The van der Waals surface area contributed by atoms with E-state index in [1.165, 1.54) is 0 Å². The summed E-state index contributed by atoms with van der Waals surface area (Å²) in [6.45, 7) is 5.43. The summed E-state index contributed by atoms with van der Waals surface area (Å²) in [6.07, 6.45) is -1.81. The Kier molecular flexibility index (Phi) is 8.63. The minimum absolute atomic E-state index is 0.0477. The van der Waals surface area contributed by atoms with Crippen LogP contribution in [-0.4, -0.2) is 55.2 Å². The van der Waals surface area contributed by atoms with E-state index in [0.717, 1.165) is 31.5 Å². The van der Waals surface area contributed by atoms with Gasteiger partial charge in [0.25, 0.3) is 0 Å². The van der Waals surface area contributed by atoms with Gasteiger partial charge in [-0.25, -0.2) is 0 Å². The predicted molar refractivity (Wildman–Crippen MR) is 89.6 cm³/mol. The molecule has 0 radical (unpaired) electrons. The van der Waals surface area contributed by atoms with Crippen molar-refractivity contribution < 1.29 is 13.2 Å². The van der Waals surface area contributed by atoms with Gasteiger partial charge in [-0.3, -0.25) is 4.90 Å². The second-order valence-electron chi connectivity index (χ2n) is 5.86. The van der Waals surface area contributed by atoms with Gasteiger partial charge >= 0.3 is 6.18 Å². The van der Waals surface area contributed by atoms with Crippen LogP contribution in [0.1, 0.15) is 32.3 Å². The highest BCUT2D eigenvalue weighted by molar-refractivity contribution is 5.14. The van der Waals surface area contributed by atoms with Gasteiger partial charge in [0.05, 0.1) is 6.54 Å². The molecule has 0 amide bonds. The molecule has 2 nitrogen and oxygen atoms in total. The van der Waals surface area contributed by atoms with Crippen LogP contribution in [0.15, 0.2) is 30.3 Å². The molecule has 0 spiro atoms. The zero-order chi connectivity index (χ0) is 17.3. The first kappa shape index (κ1) is 20.0. The zero-order valence-electron chi connectivity index (χ0n) is 14.4. The van der Waals surface area contributed by atoms with E-state index in [9.17, 15) is 13.2 Å². The quantitative estimate of drug-likeness (QED) is 0.798. The lowest BCUT2D eigenvalue weighted by molar-refractivity contribution is -0.152. The van der Waals surface area contributed by atoms with Crippen LogP contribution in [0.5, 0.6) is 0 Å². The van der Waals surface area contributed by atoms with Gasteiger partial charge in [-0.15, -0.1) is 0 Å². The number of rotatable bonds is 5. The Morgan fingerprint density at radius 3 is 2.17 bits per heavy atom. The molecule has 23 heavy (non-hydrogen) atoms. The maximum Gasteiger partial charge on any atom is 0.401 e. The van der Waals surface area contributed by atoms with Crippen molar-refractivity contribution in [2.45, 2.75) is 45.3 Å². The van der Waals surface area contributed by atoms with Gasteiger partial charge in [0.15, 0.2) is 0 Å². The van der Waals surface area contributed by atoms with Crippen LogP contribution in [0.2, 0.25) is 0 Å². The fraction of sp³-hybridized carbons (Fsp3) is 0.667. The number of nitrogens with zero attached hydrogens (tertiary/aromatic N) is 2. The lowest BCUT2D eigenvalue weighted by Gasteiger charge is -2.37. The van der Waals surface area contributed by atoms with Crippen molar-refractivity contribution in [1.82, 2.24) is 9.80 Å². The maximum absolute atomic E-state index is 12.8. The molecule has 1 heterocycles. The largest absolute Gasteiger partial charge is 0.401 e. The first-order valence-corrected chi connectivity index (χ1v) is 8.47. The minimum Gasteiger partial charge on any atom is -0.306 e. The van der Waals surface area contributed by atoms with Gasteiger partial charge < -0.3 is 4.90 Å². The lowest BCUT2D eigenvalue weighted by atomic mass is 10.0. The van der Waals surface area contributed by atoms with Gasteiger partial charge in [-0.05, 0) is 45.0 Å². The van der Waals surface area contributed by atoms with E-state index >= 15 is 0 Å². The number of alkyl halides is 3. The molecule has 1 aromatic rings. The molecule has 0 saturated carbocycles. The molecule has 0 atom stereocenters. The predicted octanol–water partition coefficient (Wildman–Crippen LogP) is 4.21. The van der Waals surface area contributed by atoms with Gasteiger partial charge in [0.1, 0.15) is 0 Å². The highest BCUT2D eigenvalue weighted by Crippen LogP contribution is 2.23. The van der Waals surface area contributed by atoms with Crippen molar-refractivity contribution in [2.75, 3.05) is 33.2 Å². The average molecular weight is 330 g/mol. The fourth-order valence-corrected chi connectivity index (χ4v) is 2.90. The first-order valence-electron chi connectivity index (χ1n) is 8.47. The van der Waals surface area contributed by atoms with Crippen molar-refractivity contribution in [3.63, 3.8) is 0 Å². The van der Waals surface area contributed by atoms with E-state index in [-0.39, 0.29) is 6.04 Å². The van der Waals surface area contributed by atoms with Crippen LogP contribution in [0.4, 0.5) is 13.2 Å². The third-order valence-corrected chi connectivity index (χ3v) is 4.12. The normalized spacial score (nSPS) is 17.0. The van der Waals surface area contributed by atoms with E-state index in [1.807, 2.05) is 51.2 Å². The van der Waals surface area contributed by atoms with Crippen LogP contribution in [0.25, 0.3) is 0 Å². The zero-order valence-corrected chi connectivity index (χ0v) is 14.4. The molecule has 1 aromatic carbocycles. The Labute approximate surface area is 138 Å². The van der Waals surface area contributed by atoms with E-state index in [0.29, 0.717) is 13.0 Å². The summed E-state index contributed by atoms with van der Waals surface area (Å²) in [5, 5.41) is 0. The Morgan fingerprint density at radius 2 is 1.65 bits per heavy atom. The monoisotopic (exact) mass is 330 g/mol. The molecule has 1 fully saturated rings. The smallest absolute Gasteiger partial charge is 0.306 e. The van der Waals surface area contributed by atoms with Gasteiger partial charge in [-0.2, -0.15) is 13.2 Å². The van der Waals surface area contributed by atoms with Gasteiger partial charge in [0.2, 0.25) is 0 Å². The molecular weight excluding hydrogens is 301 g/mol. The molecule has 0 N–H and O–H groups in total. The van der Waals surface area contributed by atoms with Crippen LogP contribution in [0, 0.1) is 0 Å². The number of piperidine rings is 1. The van der Waals surface area contributed by atoms with Crippen molar-refractivity contribution in [3.05, 3.63) is 35.9 Å². The van der Waals surface area contributed by atoms with Crippen molar-refractivity contribution in [3.8, 4) is 0 Å². The summed E-state index contributed by atoms with van der Waals surface area (Å²) in [4.78, 5) is 3.81. The number of hydrogen-bond acceptors (Lipinski definition) is 2. The van der Waals surface area contributed by atoms with Crippen molar-refractivity contribution in [2.24, 2.45) is 0 Å². The average Bonchev–Trinajstić information content (AvgIpc) is 2.54. The highest BCUT2D eigenvalue weighted by Gasteiger charge is 2.34. The lowest BCUT2D eigenvalue weighted by Crippen LogP contribution is -2.47. The van der Waals surface area contributed by atoms with E-state index in [1.54, 1.807) is 4.90 Å². The SMILES string of the molecule is CC.CN1CCC(N(CCc2ccccc2)CC(F)(F)F)CC1. The molecular formula is C18H29F3N2. The molecule has 5 heteroatoms. The van der Waals surface area contributed by atoms with Crippen LogP contribution in [0.3, 0.4) is 0 Å². The Morgan fingerprint density at radius 1 is 1.09 bits per heavy atom. The first-order chi connectivity index (χ1) is 10.9. The summed E-state index contributed by atoms with van der Waals surface area (Å²) in [7, 11) is 2.02. The van der Waals surface area contributed by atoms with Crippen molar-refractivity contribution in [1.29, 1.82) is 0 Å². The summed E-state index contributed by atoms with van der Waals surface area (Å²) in [5.41, 5.74) is 1.10. The summed E-state index contributed by atoms with van der Waals surface area (Å²) in [5.74, 6) is 0. The standard InChI is InChI=1S/C16H23F3N2.C2H6/c1-20-10-8-15(9-11-20)21(13-16(17,18)19)12-7-14-5-3-2-4-6-14;1-2/h2-6,15H,7-13H2,1H3;1-2H3. The highest BCUT2D eigenvalue weighted by atomic mass is 19.4. The van der Waals surface area contributed by atoms with Gasteiger partial charge in [0, 0.05) is 12.6 Å². The summed E-state index contributed by atoms with van der Waals surface area (Å²) in [6, 6.07) is 9.78. The second kappa shape index (κ2) is 9.93. The van der Waals surface area contributed by atoms with E-state index in [4.69, 9.17) is 0 Å².